The number of aliphatic hydroxyl groups excluding tert-OH is 1. The molecule has 0 aliphatic carbocycles. The third-order valence-electron chi connectivity index (χ3n) is 2.99. The molecule has 1 aromatic heterocycles. The smallest absolute Gasteiger partial charge is 0.386 e. The molecular formula is C13H18F4N2O. The molecule has 2 atom stereocenters. The highest BCUT2D eigenvalue weighted by Crippen LogP contribution is 2.23. The monoisotopic (exact) mass is 294 g/mol. The van der Waals surface area contributed by atoms with Crippen molar-refractivity contribution in [2.24, 2.45) is 5.92 Å². The molecule has 2 unspecified atom stereocenters. The highest BCUT2D eigenvalue weighted by atomic mass is 19.4. The molecule has 0 amide bonds. The van der Waals surface area contributed by atoms with Gasteiger partial charge >= 0.3 is 6.18 Å². The number of aromatic nitrogens is 1. The van der Waals surface area contributed by atoms with E-state index in [-0.39, 0.29) is 18.8 Å². The fourth-order valence-corrected chi connectivity index (χ4v) is 1.92. The van der Waals surface area contributed by atoms with Crippen LogP contribution in [0.5, 0.6) is 0 Å². The van der Waals surface area contributed by atoms with Crippen LogP contribution in [0, 0.1) is 11.7 Å². The van der Waals surface area contributed by atoms with Gasteiger partial charge in [0.15, 0.2) is 0 Å². The lowest BCUT2D eigenvalue weighted by Gasteiger charge is -2.27. The van der Waals surface area contributed by atoms with E-state index in [1.165, 1.54) is 11.0 Å². The first-order chi connectivity index (χ1) is 9.23. The summed E-state index contributed by atoms with van der Waals surface area (Å²) in [4.78, 5) is 4.95. The molecule has 1 N–H and O–H groups in total. The quantitative estimate of drug-likeness (QED) is 0.820. The minimum atomic E-state index is -4.27. The Labute approximate surface area is 115 Å². The van der Waals surface area contributed by atoms with Crippen molar-refractivity contribution in [3.05, 3.63) is 29.8 Å². The van der Waals surface area contributed by atoms with Crippen molar-refractivity contribution < 1.29 is 22.7 Å². The maximum absolute atomic E-state index is 12.7. The fraction of sp³-hybridized carbons (Fsp3) is 0.615. The van der Waals surface area contributed by atoms with E-state index in [0.29, 0.717) is 0 Å². The van der Waals surface area contributed by atoms with Gasteiger partial charge < -0.3 is 5.11 Å². The molecule has 3 nitrogen and oxygen atoms in total. The largest absolute Gasteiger partial charge is 0.401 e. The molecule has 7 heteroatoms. The number of halogens is 4. The van der Waals surface area contributed by atoms with Crippen molar-refractivity contribution in [2.45, 2.75) is 26.1 Å². The Morgan fingerprint density at radius 1 is 1.35 bits per heavy atom. The summed E-state index contributed by atoms with van der Waals surface area (Å²) in [6, 6.07) is 2.49. The number of pyridine rings is 1. The number of rotatable bonds is 6. The van der Waals surface area contributed by atoms with Gasteiger partial charge in [0.25, 0.3) is 0 Å². The van der Waals surface area contributed by atoms with E-state index in [0.717, 1.165) is 12.3 Å². The van der Waals surface area contributed by atoms with Gasteiger partial charge in [-0.05, 0) is 18.7 Å². The van der Waals surface area contributed by atoms with Crippen LogP contribution >= 0.6 is 0 Å². The highest BCUT2D eigenvalue weighted by molar-refractivity contribution is 5.08. The third kappa shape index (κ3) is 5.42. The maximum atomic E-state index is 12.7. The van der Waals surface area contributed by atoms with Crippen LogP contribution in [0.4, 0.5) is 17.6 Å². The Hall–Kier alpha value is -1.21. The van der Waals surface area contributed by atoms with Crippen LogP contribution in [0.3, 0.4) is 0 Å². The summed E-state index contributed by atoms with van der Waals surface area (Å²) in [5.41, 5.74) is 0.252. The van der Waals surface area contributed by atoms with Crippen molar-refractivity contribution in [1.82, 2.24) is 9.88 Å². The van der Waals surface area contributed by atoms with Crippen LogP contribution in [0.25, 0.3) is 0 Å². The van der Waals surface area contributed by atoms with Gasteiger partial charge in [0.1, 0.15) is 5.82 Å². The minimum Gasteiger partial charge on any atom is -0.386 e. The molecule has 0 saturated heterocycles. The van der Waals surface area contributed by atoms with Crippen LogP contribution in [-0.2, 0) is 0 Å². The second-order valence-corrected chi connectivity index (χ2v) is 4.77. The van der Waals surface area contributed by atoms with Crippen molar-refractivity contribution in [2.75, 3.05) is 19.6 Å². The molecule has 1 rings (SSSR count). The molecule has 114 valence electrons. The van der Waals surface area contributed by atoms with Gasteiger partial charge in [0.2, 0.25) is 0 Å². The Morgan fingerprint density at radius 2 is 2.00 bits per heavy atom. The molecule has 0 aromatic carbocycles. The van der Waals surface area contributed by atoms with E-state index in [4.69, 9.17) is 0 Å². The lowest BCUT2D eigenvalue weighted by Crippen LogP contribution is -2.38. The van der Waals surface area contributed by atoms with Gasteiger partial charge in [-0.3, -0.25) is 9.88 Å². The fourth-order valence-electron chi connectivity index (χ4n) is 1.92. The van der Waals surface area contributed by atoms with E-state index in [1.54, 1.807) is 13.8 Å². The average Bonchev–Trinajstić information content (AvgIpc) is 2.36. The molecule has 0 saturated carbocycles. The van der Waals surface area contributed by atoms with Crippen molar-refractivity contribution >= 4 is 0 Å². The molecule has 0 aliphatic heterocycles. The Morgan fingerprint density at radius 3 is 2.45 bits per heavy atom. The van der Waals surface area contributed by atoms with Gasteiger partial charge in [0.05, 0.1) is 24.5 Å². The summed E-state index contributed by atoms with van der Waals surface area (Å²) >= 11 is 0. The van der Waals surface area contributed by atoms with Gasteiger partial charge in [-0.15, -0.1) is 0 Å². The zero-order chi connectivity index (χ0) is 15.3. The van der Waals surface area contributed by atoms with E-state index in [1.807, 2.05) is 0 Å². The summed E-state index contributed by atoms with van der Waals surface area (Å²) in [6.45, 7) is 2.55. The molecule has 0 radical (unpaired) electrons. The van der Waals surface area contributed by atoms with Crippen molar-refractivity contribution in [3.63, 3.8) is 0 Å². The normalized spacial score (nSPS) is 15.4. The molecule has 0 aliphatic rings. The van der Waals surface area contributed by atoms with Gasteiger partial charge in [-0.1, -0.05) is 13.8 Å². The van der Waals surface area contributed by atoms with E-state index >= 15 is 0 Å². The van der Waals surface area contributed by atoms with Crippen molar-refractivity contribution in [1.29, 1.82) is 0 Å². The summed E-state index contributed by atoms with van der Waals surface area (Å²) in [5.74, 6) is -0.976. The van der Waals surface area contributed by atoms with Gasteiger partial charge in [-0.25, -0.2) is 4.39 Å². The first kappa shape index (κ1) is 16.8. The predicted octanol–water partition coefficient (Wildman–Crippen LogP) is 2.77. The third-order valence-corrected chi connectivity index (χ3v) is 2.99. The number of aliphatic hydroxyl groups is 1. The topological polar surface area (TPSA) is 36.4 Å². The number of nitrogens with zero attached hydrogens (tertiary/aromatic N) is 2. The van der Waals surface area contributed by atoms with Crippen LogP contribution in [-0.4, -0.2) is 40.8 Å². The highest BCUT2D eigenvalue weighted by Gasteiger charge is 2.31. The Balaban J connectivity index is 2.64. The van der Waals surface area contributed by atoms with Crippen LogP contribution in [0.15, 0.2) is 18.3 Å². The van der Waals surface area contributed by atoms with E-state index < -0.39 is 30.6 Å². The lowest BCUT2D eigenvalue weighted by atomic mass is 10.0. The van der Waals surface area contributed by atoms with E-state index in [9.17, 15) is 22.7 Å². The number of hydrogen-bond donors (Lipinski definition) is 1. The summed E-state index contributed by atoms with van der Waals surface area (Å²) in [5, 5.41) is 10.0. The molecule has 1 heterocycles. The summed E-state index contributed by atoms with van der Waals surface area (Å²) in [6.07, 6.45) is -4.33. The Bertz CT molecular complexity index is 408. The van der Waals surface area contributed by atoms with Crippen molar-refractivity contribution in [3.8, 4) is 0 Å². The second kappa shape index (κ2) is 6.99. The number of alkyl halides is 3. The van der Waals surface area contributed by atoms with Crippen LogP contribution in [0.2, 0.25) is 0 Å². The lowest BCUT2D eigenvalue weighted by molar-refractivity contribution is -0.147. The second-order valence-electron chi connectivity index (χ2n) is 4.77. The number of hydrogen-bond acceptors (Lipinski definition) is 3. The zero-order valence-electron chi connectivity index (χ0n) is 11.4. The first-order valence-electron chi connectivity index (χ1n) is 6.31. The molecule has 1 aromatic rings. The first-order valence-corrected chi connectivity index (χ1v) is 6.31. The van der Waals surface area contributed by atoms with Gasteiger partial charge in [-0.2, -0.15) is 13.2 Å². The zero-order valence-corrected chi connectivity index (χ0v) is 11.4. The Kier molecular flexibility index (Phi) is 5.88. The molecule has 20 heavy (non-hydrogen) atoms. The summed E-state index contributed by atoms with van der Waals surface area (Å²) in [7, 11) is 0. The molecule has 0 bridgehead atoms. The summed E-state index contributed by atoms with van der Waals surface area (Å²) < 4.78 is 49.8. The van der Waals surface area contributed by atoms with Crippen LogP contribution in [0.1, 0.15) is 25.6 Å². The molecule has 0 fully saturated rings. The predicted molar refractivity (Wildman–Crippen MR) is 66.5 cm³/mol. The SMILES string of the molecule is CCN(CC(C)C(O)c1ccc(F)cn1)CC(F)(F)F. The minimum absolute atomic E-state index is 0.0796. The maximum Gasteiger partial charge on any atom is 0.401 e. The van der Waals surface area contributed by atoms with Crippen LogP contribution < -0.4 is 0 Å². The standard InChI is InChI=1S/C13H18F4N2O/c1-3-19(8-13(15,16)17)7-9(2)12(20)11-5-4-10(14)6-18-11/h4-6,9,12,20H,3,7-8H2,1-2H3. The molecular weight excluding hydrogens is 276 g/mol. The van der Waals surface area contributed by atoms with Gasteiger partial charge in [0, 0.05) is 12.5 Å². The average molecular weight is 294 g/mol. The molecule has 0 spiro atoms. The van der Waals surface area contributed by atoms with E-state index in [2.05, 4.69) is 4.98 Å².